The fraction of sp³-hybridized carbons (Fsp3) is 0.259. The lowest BCUT2D eigenvalue weighted by molar-refractivity contribution is -0.132. The molecule has 0 bridgehead atoms. The van der Waals surface area contributed by atoms with Crippen LogP contribution < -0.4 is 19.5 Å². The highest BCUT2D eigenvalue weighted by atomic mass is 35.5. The number of esters is 1. The van der Waals surface area contributed by atoms with Crippen molar-refractivity contribution in [2.24, 2.45) is 0 Å². The molecule has 0 aromatic heterocycles. The lowest BCUT2D eigenvalue weighted by Crippen LogP contribution is -2.50. The standard InChI is InChI=1S/C27H28ClNO7/c1-5-18-15-27(33,19-8-6-7-9-20(19)28)24(14-21(18)31)29-25(32)11-10-17-12-22(34-3)26(36-16(2)30)23(13-17)35-4/h6-15,24,31,33H,5H2,1-4H3,(H,29,32). The van der Waals surface area contributed by atoms with Gasteiger partial charge in [-0.15, -0.1) is 0 Å². The van der Waals surface area contributed by atoms with Gasteiger partial charge < -0.3 is 29.7 Å². The Labute approximate surface area is 214 Å². The summed E-state index contributed by atoms with van der Waals surface area (Å²) < 4.78 is 15.8. The number of hydrogen-bond donors (Lipinski definition) is 3. The van der Waals surface area contributed by atoms with Crippen molar-refractivity contribution in [3.05, 3.63) is 82.1 Å². The third-order valence-corrected chi connectivity index (χ3v) is 5.99. The predicted molar refractivity (Wildman–Crippen MR) is 136 cm³/mol. The summed E-state index contributed by atoms with van der Waals surface area (Å²) >= 11 is 6.36. The smallest absolute Gasteiger partial charge is 0.308 e. The van der Waals surface area contributed by atoms with E-state index in [0.717, 1.165) is 0 Å². The number of aliphatic hydroxyl groups is 2. The lowest BCUT2D eigenvalue weighted by Gasteiger charge is -2.37. The second-order valence-electron chi connectivity index (χ2n) is 8.05. The molecule has 0 saturated carbocycles. The van der Waals surface area contributed by atoms with Gasteiger partial charge in [-0.25, -0.2) is 0 Å². The maximum absolute atomic E-state index is 12.9. The van der Waals surface area contributed by atoms with Gasteiger partial charge in [0.05, 0.1) is 20.3 Å². The van der Waals surface area contributed by atoms with Crippen molar-refractivity contribution in [1.29, 1.82) is 0 Å². The van der Waals surface area contributed by atoms with E-state index in [-0.39, 0.29) is 23.0 Å². The molecule has 2 aromatic carbocycles. The van der Waals surface area contributed by atoms with Gasteiger partial charge in [-0.3, -0.25) is 9.59 Å². The summed E-state index contributed by atoms with van der Waals surface area (Å²) in [6.45, 7) is 3.11. The summed E-state index contributed by atoms with van der Waals surface area (Å²) in [6, 6.07) is 8.93. The number of carbonyl (C=O) groups excluding carboxylic acids is 2. The van der Waals surface area contributed by atoms with Crippen molar-refractivity contribution in [3.8, 4) is 17.2 Å². The second kappa shape index (κ2) is 11.3. The molecule has 3 rings (SSSR count). The molecule has 9 heteroatoms. The molecule has 0 heterocycles. The first-order valence-electron chi connectivity index (χ1n) is 11.2. The molecule has 2 aromatic rings. The minimum atomic E-state index is -1.68. The van der Waals surface area contributed by atoms with Gasteiger partial charge >= 0.3 is 5.97 Å². The molecule has 0 aliphatic heterocycles. The van der Waals surface area contributed by atoms with Gasteiger partial charge in [-0.2, -0.15) is 0 Å². The SMILES string of the molecule is CCC1=CC(O)(c2ccccc2Cl)C(NC(=O)C=Cc2cc(OC)c(OC(C)=O)c(OC)c2)C=C1O. The molecule has 8 nitrogen and oxygen atoms in total. The molecular formula is C27H28ClNO7. The molecule has 0 saturated heterocycles. The average molecular weight is 514 g/mol. The molecule has 1 aliphatic carbocycles. The third kappa shape index (κ3) is 5.72. The van der Waals surface area contributed by atoms with Crippen LogP contribution >= 0.6 is 11.6 Å². The van der Waals surface area contributed by atoms with Crippen LogP contribution in [0.2, 0.25) is 5.02 Å². The van der Waals surface area contributed by atoms with E-state index in [2.05, 4.69) is 5.32 Å². The maximum Gasteiger partial charge on any atom is 0.308 e. The number of halogens is 1. The fourth-order valence-corrected chi connectivity index (χ4v) is 4.19. The van der Waals surface area contributed by atoms with Crippen molar-refractivity contribution >= 4 is 29.6 Å². The summed E-state index contributed by atoms with van der Waals surface area (Å²) in [6.07, 6.45) is 6.15. The topological polar surface area (TPSA) is 114 Å². The number of allylic oxidation sites excluding steroid dienone is 1. The van der Waals surface area contributed by atoms with Crippen LogP contribution in [-0.2, 0) is 15.2 Å². The highest BCUT2D eigenvalue weighted by Crippen LogP contribution is 2.40. The number of amides is 1. The normalized spacial score (nSPS) is 19.3. The number of carbonyl (C=O) groups is 2. The maximum atomic E-state index is 12.9. The van der Waals surface area contributed by atoms with E-state index < -0.39 is 23.5 Å². The van der Waals surface area contributed by atoms with E-state index in [0.29, 0.717) is 28.1 Å². The Morgan fingerprint density at radius 3 is 2.36 bits per heavy atom. The third-order valence-electron chi connectivity index (χ3n) is 5.66. The number of nitrogens with one attached hydrogen (secondary N) is 1. The summed E-state index contributed by atoms with van der Waals surface area (Å²) in [7, 11) is 2.83. The van der Waals surface area contributed by atoms with E-state index in [1.165, 1.54) is 45.4 Å². The van der Waals surface area contributed by atoms with E-state index in [1.54, 1.807) is 36.4 Å². The summed E-state index contributed by atoms with van der Waals surface area (Å²) in [4.78, 5) is 24.3. The van der Waals surface area contributed by atoms with Gasteiger partial charge in [0.25, 0.3) is 0 Å². The molecule has 2 unspecified atom stereocenters. The summed E-state index contributed by atoms with van der Waals surface area (Å²) in [5, 5.41) is 25.1. The molecule has 0 radical (unpaired) electrons. The van der Waals surface area contributed by atoms with E-state index in [9.17, 15) is 19.8 Å². The highest BCUT2D eigenvalue weighted by molar-refractivity contribution is 6.31. The monoisotopic (exact) mass is 513 g/mol. The van der Waals surface area contributed by atoms with E-state index >= 15 is 0 Å². The number of rotatable bonds is 8. The van der Waals surface area contributed by atoms with Crippen LogP contribution in [0.25, 0.3) is 6.08 Å². The number of ether oxygens (including phenoxy) is 3. The number of methoxy groups -OCH3 is 2. The Morgan fingerprint density at radius 1 is 1.17 bits per heavy atom. The van der Waals surface area contributed by atoms with Crippen molar-refractivity contribution in [1.82, 2.24) is 5.32 Å². The minimum Gasteiger partial charge on any atom is -0.508 e. The van der Waals surface area contributed by atoms with Gasteiger partial charge in [-0.05, 0) is 54.0 Å². The second-order valence-corrected chi connectivity index (χ2v) is 8.46. The van der Waals surface area contributed by atoms with Crippen molar-refractivity contribution in [3.63, 3.8) is 0 Å². The fourth-order valence-electron chi connectivity index (χ4n) is 3.90. The Hall–Kier alpha value is -3.75. The van der Waals surface area contributed by atoms with Crippen LogP contribution in [0.15, 0.2) is 66.0 Å². The van der Waals surface area contributed by atoms with Gasteiger partial charge in [0.15, 0.2) is 11.5 Å². The van der Waals surface area contributed by atoms with Crippen LogP contribution in [0, 0.1) is 0 Å². The Kier molecular flexibility index (Phi) is 8.45. The van der Waals surface area contributed by atoms with Crippen LogP contribution in [-0.4, -0.2) is 42.4 Å². The Morgan fingerprint density at radius 2 is 1.81 bits per heavy atom. The minimum absolute atomic E-state index is 0.0287. The van der Waals surface area contributed by atoms with Gasteiger partial charge in [0.2, 0.25) is 11.7 Å². The van der Waals surface area contributed by atoms with Crippen LogP contribution in [0.1, 0.15) is 31.4 Å². The Balaban J connectivity index is 1.90. The Bertz CT molecular complexity index is 1230. The molecule has 190 valence electrons. The largest absolute Gasteiger partial charge is 0.508 e. The van der Waals surface area contributed by atoms with Crippen molar-refractivity contribution < 1.29 is 34.0 Å². The quantitative estimate of drug-likeness (QED) is 0.271. The average Bonchev–Trinajstić information content (AvgIpc) is 2.85. The van der Waals surface area contributed by atoms with Gasteiger partial charge in [-0.1, -0.05) is 36.7 Å². The first-order valence-corrected chi connectivity index (χ1v) is 11.5. The molecule has 1 aliphatic rings. The predicted octanol–water partition coefficient (Wildman–Crippen LogP) is 4.46. The number of aliphatic hydroxyl groups excluding tert-OH is 1. The number of hydrogen-bond acceptors (Lipinski definition) is 7. The molecule has 3 N–H and O–H groups in total. The van der Waals surface area contributed by atoms with Crippen LogP contribution in [0.4, 0.5) is 0 Å². The molecule has 0 fully saturated rings. The molecule has 36 heavy (non-hydrogen) atoms. The van der Waals surface area contributed by atoms with Gasteiger partial charge in [0, 0.05) is 23.6 Å². The molecule has 1 amide bonds. The molecule has 0 spiro atoms. The van der Waals surface area contributed by atoms with Crippen LogP contribution in [0.3, 0.4) is 0 Å². The molecular weight excluding hydrogens is 486 g/mol. The zero-order valence-electron chi connectivity index (χ0n) is 20.4. The zero-order valence-corrected chi connectivity index (χ0v) is 21.1. The highest BCUT2D eigenvalue weighted by Gasteiger charge is 2.41. The first kappa shape index (κ1) is 26.8. The number of benzene rings is 2. The van der Waals surface area contributed by atoms with Crippen LogP contribution in [0.5, 0.6) is 17.2 Å². The summed E-state index contributed by atoms with van der Waals surface area (Å²) in [5.74, 6) is -0.487. The van der Waals surface area contributed by atoms with Gasteiger partial charge in [0.1, 0.15) is 11.4 Å². The lowest BCUT2D eigenvalue weighted by atomic mass is 9.80. The zero-order chi connectivity index (χ0) is 26.5. The first-order chi connectivity index (χ1) is 17.1. The summed E-state index contributed by atoms with van der Waals surface area (Å²) in [5.41, 5.74) is -0.222. The van der Waals surface area contributed by atoms with E-state index in [4.69, 9.17) is 25.8 Å². The van der Waals surface area contributed by atoms with Crippen molar-refractivity contribution in [2.45, 2.75) is 31.9 Å². The molecule has 2 atom stereocenters. The van der Waals surface area contributed by atoms with E-state index in [1.807, 2.05) is 6.92 Å². The van der Waals surface area contributed by atoms with Crippen molar-refractivity contribution in [2.75, 3.05) is 14.2 Å².